The van der Waals surface area contributed by atoms with Crippen LogP contribution < -0.4 is 10.1 Å². The maximum Gasteiger partial charge on any atom is 0.338 e. The van der Waals surface area contributed by atoms with Crippen molar-refractivity contribution in [3.63, 3.8) is 0 Å². The minimum Gasteiger partial charge on any atom is -0.494 e. The number of carbonyl (C=O) groups is 2. The molecule has 1 N–H and O–H groups in total. The molecule has 1 atom stereocenters. The summed E-state index contributed by atoms with van der Waals surface area (Å²) < 4.78 is 12.8. The molecular formula is C23H25N3O4. The third kappa shape index (κ3) is 5.94. The Morgan fingerprint density at radius 2 is 1.97 bits per heavy atom. The van der Waals surface area contributed by atoms with Crippen LogP contribution in [0, 0.1) is 0 Å². The zero-order valence-electron chi connectivity index (χ0n) is 17.1. The number of esters is 1. The summed E-state index contributed by atoms with van der Waals surface area (Å²) in [6, 6.07) is 14.2. The van der Waals surface area contributed by atoms with E-state index in [1.54, 1.807) is 43.0 Å². The number of aryl methyl sites for hydroxylation is 1. The Balaban J connectivity index is 1.56. The fourth-order valence-corrected chi connectivity index (χ4v) is 2.90. The maximum atomic E-state index is 12.5. The summed E-state index contributed by atoms with van der Waals surface area (Å²) in [5, 5.41) is 2.81. The van der Waals surface area contributed by atoms with Gasteiger partial charge in [-0.05, 0) is 49.7 Å². The topological polar surface area (TPSA) is 82.5 Å². The first kappa shape index (κ1) is 21.1. The van der Waals surface area contributed by atoms with Crippen LogP contribution in [0.25, 0.3) is 0 Å². The third-order valence-electron chi connectivity index (χ3n) is 4.48. The zero-order chi connectivity index (χ0) is 21.3. The average molecular weight is 407 g/mol. The second kappa shape index (κ2) is 10.2. The highest BCUT2D eigenvalue weighted by Crippen LogP contribution is 2.22. The molecule has 1 heterocycles. The van der Waals surface area contributed by atoms with Crippen molar-refractivity contribution in [1.82, 2.24) is 9.55 Å². The van der Waals surface area contributed by atoms with Crippen LogP contribution in [-0.2, 0) is 16.1 Å². The van der Waals surface area contributed by atoms with E-state index in [2.05, 4.69) is 10.3 Å². The van der Waals surface area contributed by atoms with Crippen molar-refractivity contribution in [3.8, 4) is 5.75 Å². The Kier molecular flexibility index (Phi) is 7.21. The number of amides is 1. The molecule has 0 radical (unpaired) electrons. The zero-order valence-corrected chi connectivity index (χ0v) is 17.1. The fraction of sp³-hybridized carbons (Fsp3) is 0.261. The number of nitrogens with zero attached hydrogens (tertiary/aromatic N) is 2. The van der Waals surface area contributed by atoms with Crippen LogP contribution in [0.1, 0.15) is 42.3 Å². The van der Waals surface area contributed by atoms with Gasteiger partial charge in [-0.25, -0.2) is 9.78 Å². The number of carbonyl (C=O) groups excluding carboxylic acids is 2. The number of rotatable bonds is 9. The second-order valence-electron chi connectivity index (χ2n) is 6.73. The van der Waals surface area contributed by atoms with Crippen LogP contribution in [0.15, 0.2) is 67.3 Å². The molecule has 0 saturated heterocycles. The molecule has 7 nitrogen and oxygen atoms in total. The predicted octanol–water partition coefficient (Wildman–Crippen LogP) is 4.23. The highest BCUT2D eigenvalue weighted by molar-refractivity contribution is 5.94. The van der Waals surface area contributed by atoms with Gasteiger partial charge in [-0.2, -0.15) is 0 Å². The van der Waals surface area contributed by atoms with Gasteiger partial charge in [0.1, 0.15) is 11.9 Å². The molecule has 3 aromatic rings. The summed E-state index contributed by atoms with van der Waals surface area (Å²) >= 11 is 0. The lowest BCUT2D eigenvalue weighted by Gasteiger charge is -2.15. The number of ether oxygens (including phenoxy) is 2. The first-order valence-corrected chi connectivity index (χ1v) is 9.84. The van der Waals surface area contributed by atoms with Crippen molar-refractivity contribution < 1.29 is 19.1 Å². The van der Waals surface area contributed by atoms with E-state index in [1.807, 2.05) is 42.7 Å². The van der Waals surface area contributed by atoms with Gasteiger partial charge < -0.3 is 19.4 Å². The van der Waals surface area contributed by atoms with Crippen LogP contribution in [-0.4, -0.2) is 28.0 Å². The number of anilines is 1. The number of imidazole rings is 1. The summed E-state index contributed by atoms with van der Waals surface area (Å²) in [6.45, 7) is 4.87. The summed E-state index contributed by atoms with van der Waals surface area (Å²) in [5.41, 5.74) is 1.80. The van der Waals surface area contributed by atoms with Crippen LogP contribution >= 0.6 is 0 Å². The molecule has 0 fully saturated rings. The molecule has 0 aliphatic heterocycles. The highest BCUT2D eigenvalue weighted by atomic mass is 16.5. The molecule has 0 saturated carbocycles. The van der Waals surface area contributed by atoms with Crippen molar-refractivity contribution in [3.05, 3.63) is 78.4 Å². The normalized spacial score (nSPS) is 11.5. The van der Waals surface area contributed by atoms with E-state index >= 15 is 0 Å². The van der Waals surface area contributed by atoms with Gasteiger partial charge in [0, 0.05) is 31.0 Å². The van der Waals surface area contributed by atoms with Crippen molar-refractivity contribution >= 4 is 17.6 Å². The summed E-state index contributed by atoms with van der Waals surface area (Å²) in [7, 11) is 0. The van der Waals surface area contributed by atoms with Gasteiger partial charge in [0.05, 0.1) is 18.5 Å². The quantitative estimate of drug-likeness (QED) is 0.537. The molecule has 2 aromatic carbocycles. The average Bonchev–Trinajstić information content (AvgIpc) is 3.27. The lowest BCUT2D eigenvalue weighted by molar-refractivity contribution is -0.116. The Labute approximate surface area is 175 Å². The molecule has 30 heavy (non-hydrogen) atoms. The molecule has 0 aliphatic carbocycles. The smallest absolute Gasteiger partial charge is 0.338 e. The van der Waals surface area contributed by atoms with Crippen LogP contribution in [0.3, 0.4) is 0 Å². The summed E-state index contributed by atoms with van der Waals surface area (Å²) in [4.78, 5) is 28.6. The Morgan fingerprint density at radius 1 is 1.17 bits per heavy atom. The largest absolute Gasteiger partial charge is 0.494 e. The first-order valence-electron chi connectivity index (χ1n) is 9.84. The van der Waals surface area contributed by atoms with Crippen molar-refractivity contribution in [1.29, 1.82) is 0 Å². The van der Waals surface area contributed by atoms with Crippen LogP contribution in [0.2, 0.25) is 0 Å². The van der Waals surface area contributed by atoms with Gasteiger partial charge in [0.2, 0.25) is 5.91 Å². The Bertz CT molecular complexity index is 968. The van der Waals surface area contributed by atoms with E-state index in [4.69, 9.17) is 9.47 Å². The van der Waals surface area contributed by atoms with Gasteiger partial charge in [-0.3, -0.25) is 4.79 Å². The Hall–Kier alpha value is -3.61. The van der Waals surface area contributed by atoms with E-state index in [1.165, 1.54) is 0 Å². The highest BCUT2D eigenvalue weighted by Gasteiger charge is 2.15. The van der Waals surface area contributed by atoms with E-state index < -0.39 is 12.1 Å². The van der Waals surface area contributed by atoms with Gasteiger partial charge in [-0.1, -0.05) is 18.2 Å². The molecule has 0 bridgehead atoms. The lowest BCUT2D eigenvalue weighted by atomic mass is 10.1. The Morgan fingerprint density at radius 3 is 2.67 bits per heavy atom. The number of hydrogen-bond acceptors (Lipinski definition) is 5. The minimum atomic E-state index is -0.453. The van der Waals surface area contributed by atoms with Crippen molar-refractivity contribution in [2.24, 2.45) is 0 Å². The van der Waals surface area contributed by atoms with Crippen LogP contribution in [0.4, 0.5) is 5.69 Å². The molecule has 0 spiro atoms. The molecular weight excluding hydrogens is 382 g/mol. The van der Waals surface area contributed by atoms with E-state index in [9.17, 15) is 9.59 Å². The lowest BCUT2D eigenvalue weighted by Crippen LogP contribution is -2.15. The standard InChI is InChI=1S/C23H25N3O4/c1-3-29-21-9-7-18(8-10-21)17(2)30-23(28)19-5-4-6-20(15-19)25-22(27)11-13-26-14-12-24-16-26/h4-10,12,14-17H,3,11,13H2,1-2H3,(H,25,27)/t17-/m1/s1. The van der Waals surface area contributed by atoms with Crippen LogP contribution in [0.5, 0.6) is 5.75 Å². The van der Waals surface area contributed by atoms with Gasteiger partial charge >= 0.3 is 5.97 Å². The predicted molar refractivity (Wildman–Crippen MR) is 113 cm³/mol. The molecule has 0 aliphatic rings. The van der Waals surface area contributed by atoms with E-state index in [-0.39, 0.29) is 5.91 Å². The van der Waals surface area contributed by atoms with E-state index in [0.717, 1.165) is 11.3 Å². The SMILES string of the molecule is CCOc1ccc([C@@H](C)OC(=O)c2cccc(NC(=O)CCn3ccnc3)c2)cc1. The number of aromatic nitrogens is 2. The molecule has 3 rings (SSSR count). The van der Waals surface area contributed by atoms with Crippen molar-refractivity contribution in [2.45, 2.75) is 32.9 Å². The number of nitrogens with one attached hydrogen (secondary N) is 1. The second-order valence-corrected chi connectivity index (χ2v) is 6.73. The molecule has 0 unspecified atom stereocenters. The maximum absolute atomic E-state index is 12.5. The van der Waals surface area contributed by atoms with Gasteiger partial charge in [0.25, 0.3) is 0 Å². The van der Waals surface area contributed by atoms with Gasteiger partial charge in [0.15, 0.2) is 0 Å². The fourth-order valence-electron chi connectivity index (χ4n) is 2.90. The third-order valence-corrected chi connectivity index (χ3v) is 4.48. The minimum absolute atomic E-state index is 0.142. The summed E-state index contributed by atoms with van der Waals surface area (Å²) in [5.74, 6) is 0.180. The molecule has 156 valence electrons. The van der Waals surface area contributed by atoms with Crippen molar-refractivity contribution in [2.75, 3.05) is 11.9 Å². The van der Waals surface area contributed by atoms with Gasteiger partial charge in [-0.15, -0.1) is 0 Å². The molecule has 7 heteroatoms. The summed E-state index contributed by atoms with van der Waals surface area (Å²) in [6.07, 6.45) is 5.02. The first-order chi connectivity index (χ1) is 14.5. The number of benzene rings is 2. The molecule has 1 aromatic heterocycles. The molecule has 1 amide bonds. The van der Waals surface area contributed by atoms with E-state index in [0.29, 0.717) is 30.8 Å². The monoisotopic (exact) mass is 407 g/mol. The number of hydrogen-bond donors (Lipinski definition) is 1.